The predicted octanol–water partition coefficient (Wildman–Crippen LogP) is 2.80. The van der Waals surface area contributed by atoms with Gasteiger partial charge in [0.1, 0.15) is 5.69 Å². The van der Waals surface area contributed by atoms with Crippen LogP contribution in [-0.2, 0) is 16.8 Å². The van der Waals surface area contributed by atoms with Crippen LogP contribution in [0, 0.1) is 11.3 Å². The molecule has 36 heavy (non-hydrogen) atoms. The minimum Gasteiger partial charge on any atom is -0.479 e. The Balaban J connectivity index is 1.69. The van der Waals surface area contributed by atoms with E-state index in [4.69, 9.17) is 10.7 Å². The third-order valence-corrected chi connectivity index (χ3v) is 5.26. The van der Waals surface area contributed by atoms with E-state index in [2.05, 4.69) is 52.4 Å². The number of pyridine rings is 1. The molecule has 0 amide bonds. The van der Waals surface area contributed by atoms with Crippen molar-refractivity contribution in [3.63, 3.8) is 0 Å². The number of nitrogens with one attached hydrogen (secondary N) is 1. The van der Waals surface area contributed by atoms with E-state index in [9.17, 15) is 15.2 Å². The molecule has 3 aromatic heterocycles. The highest BCUT2D eigenvalue weighted by Gasteiger charge is 2.18. The Bertz CT molecular complexity index is 1450. The number of hydrogen-bond acceptors (Lipinski definition) is 9. The van der Waals surface area contributed by atoms with Crippen LogP contribution in [0.1, 0.15) is 37.7 Å². The van der Waals surface area contributed by atoms with Crippen LogP contribution in [0.3, 0.4) is 0 Å². The number of nitrogens with zero attached hydrogens (tertiary/aromatic N) is 7. The molecule has 4 rings (SSSR count). The summed E-state index contributed by atoms with van der Waals surface area (Å²) in [5, 5.41) is 29.5. The topological polar surface area (TPSA) is 169 Å². The van der Waals surface area contributed by atoms with Crippen LogP contribution in [0.4, 0.5) is 5.95 Å². The van der Waals surface area contributed by atoms with Crippen LogP contribution in [0.2, 0.25) is 0 Å². The number of anilines is 1. The molecule has 11 heteroatoms. The summed E-state index contributed by atoms with van der Waals surface area (Å²) in [6.45, 7) is 6.72. The molecule has 11 nitrogen and oxygen atoms in total. The normalized spacial score (nSPS) is 12.1. The van der Waals surface area contributed by atoms with Gasteiger partial charge in [-0.3, -0.25) is 4.98 Å². The average Bonchev–Trinajstić information content (AvgIpc) is 3.32. The van der Waals surface area contributed by atoms with Gasteiger partial charge in [-0.25, -0.2) is 19.4 Å². The summed E-state index contributed by atoms with van der Waals surface area (Å²) in [6, 6.07) is 16.6. The fourth-order valence-electron chi connectivity index (χ4n) is 3.38. The Morgan fingerprint density at radius 3 is 2.58 bits per heavy atom. The van der Waals surface area contributed by atoms with Gasteiger partial charge in [-0.05, 0) is 30.3 Å². The van der Waals surface area contributed by atoms with E-state index in [0.29, 0.717) is 34.8 Å². The fraction of sp³-hybridized carbons (Fsp3) is 0.240. The number of rotatable bonds is 7. The molecule has 0 aliphatic rings. The highest BCUT2D eigenvalue weighted by Crippen LogP contribution is 2.25. The molecule has 0 saturated heterocycles. The molecule has 0 aliphatic heterocycles. The van der Waals surface area contributed by atoms with Crippen LogP contribution >= 0.6 is 0 Å². The lowest BCUT2D eigenvalue weighted by atomic mass is 9.91. The van der Waals surface area contributed by atoms with Gasteiger partial charge in [0.25, 0.3) is 0 Å². The van der Waals surface area contributed by atoms with Gasteiger partial charge in [0.2, 0.25) is 5.95 Å². The lowest BCUT2D eigenvalue weighted by Crippen LogP contribution is -2.38. The number of nitrogens with two attached hydrogens (primary N) is 1. The molecule has 1 atom stereocenters. The van der Waals surface area contributed by atoms with Crippen molar-refractivity contribution in [1.29, 1.82) is 5.26 Å². The Kier molecular flexibility index (Phi) is 6.71. The van der Waals surface area contributed by atoms with Gasteiger partial charge in [0.15, 0.2) is 6.17 Å². The zero-order valence-corrected chi connectivity index (χ0v) is 20.0. The maximum absolute atomic E-state index is 11.2. The van der Waals surface area contributed by atoms with Gasteiger partial charge in [-0.1, -0.05) is 44.2 Å². The highest BCUT2D eigenvalue weighted by molar-refractivity contribution is 5.76. The summed E-state index contributed by atoms with van der Waals surface area (Å²) in [5.74, 6) is -1.25. The van der Waals surface area contributed by atoms with Crippen LogP contribution in [0.5, 0.6) is 0 Å². The van der Waals surface area contributed by atoms with Crippen molar-refractivity contribution in [2.45, 2.75) is 38.9 Å². The van der Waals surface area contributed by atoms with Crippen molar-refractivity contribution < 1.29 is 9.90 Å². The number of carbonyl (C=O) groups is 1. The van der Waals surface area contributed by atoms with Crippen LogP contribution < -0.4 is 11.1 Å². The largest absolute Gasteiger partial charge is 0.479 e. The van der Waals surface area contributed by atoms with E-state index in [1.54, 1.807) is 41.2 Å². The van der Waals surface area contributed by atoms with Crippen molar-refractivity contribution in [3.05, 3.63) is 71.7 Å². The van der Waals surface area contributed by atoms with Gasteiger partial charge in [0, 0.05) is 16.7 Å². The van der Waals surface area contributed by atoms with Gasteiger partial charge in [-0.15, -0.1) is 5.10 Å². The molecule has 4 N–H and O–H groups in total. The summed E-state index contributed by atoms with van der Waals surface area (Å²) in [7, 11) is 0. The molecule has 182 valence electrons. The number of hydrogen-bond donors (Lipinski definition) is 3. The predicted molar refractivity (Wildman–Crippen MR) is 132 cm³/mol. The first-order valence-electron chi connectivity index (χ1n) is 11.1. The minimum atomic E-state index is -1.41. The molecule has 0 bridgehead atoms. The first kappa shape index (κ1) is 24.4. The SMILES string of the molecule is CC(C)(C)c1cccc(Cn2cc(-c3cc(-c4cccc(C#N)c4)nc(N[C@H](N)C(=O)O)n3)nn2)n1. The molecule has 0 spiro atoms. The zero-order chi connectivity index (χ0) is 25.9. The van der Waals surface area contributed by atoms with E-state index in [0.717, 1.165) is 11.4 Å². The van der Waals surface area contributed by atoms with E-state index >= 15 is 0 Å². The third-order valence-electron chi connectivity index (χ3n) is 5.26. The Morgan fingerprint density at radius 2 is 1.86 bits per heavy atom. The molecule has 0 fully saturated rings. The molecular weight excluding hydrogens is 458 g/mol. The number of carboxylic acids is 1. The smallest absolute Gasteiger partial charge is 0.341 e. The minimum absolute atomic E-state index is 0.00820. The van der Waals surface area contributed by atoms with Gasteiger partial charge in [-0.2, -0.15) is 5.26 Å². The van der Waals surface area contributed by atoms with Crippen molar-refractivity contribution in [2.75, 3.05) is 5.32 Å². The first-order valence-corrected chi connectivity index (χ1v) is 11.1. The summed E-state index contributed by atoms with van der Waals surface area (Å²) in [4.78, 5) is 24.8. The maximum Gasteiger partial charge on any atom is 0.341 e. The lowest BCUT2D eigenvalue weighted by Gasteiger charge is -2.18. The number of aromatic nitrogens is 6. The molecule has 3 heterocycles. The Labute approximate surface area is 207 Å². The third kappa shape index (κ3) is 5.68. The van der Waals surface area contributed by atoms with Gasteiger partial charge < -0.3 is 16.2 Å². The Hall–Kier alpha value is -4.69. The quantitative estimate of drug-likeness (QED) is 0.332. The molecule has 0 aliphatic carbocycles. The standard InChI is InChI=1S/C25H25N9O2/c1-25(2,3)21-9-5-8-17(28-21)13-34-14-20(32-33-34)19-11-18(16-7-4-6-15(10-16)12-26)29-24(30-19)31-22(27)23(35)36/h4-11,14,22H,13,27H2,1-3H3,(H,35,36)(H,29,30,31)/t22-/m0/s1. The summed E-state index contributed by atoms with van der Waals surface area (Å²) >= 11 is 0. The van der Waals surface area contributed by atoms with Gasteiger partial charge >= 0.3 is 5.97 Å². The summed E-state index contributed by atoms with van der Waals surface area (Å²) in [6.07, 6.45) is 0.319. The lowest BCUT2D eigenvalue weighted by molar-refractivity contribution is -0.137. The second kappa shape index (κ2) is 9.89. The van der Waals surface area contributed by atoms with E-state index in [1.165, 1.54) is 0 Å². The van der Waals surface area contributed by atoms with Crippen molar-refractivity contribution in [3.8, 4) is 28.7 Å². The second-order valence-electron chi connectivity index (χ2n) is 9.18. The maximum atomic E-state index is 11.2. The molecular formula is C25H25N9O2. The van der Waals surface area contributed by atoms with E-state index < -0.39 is 12.1 Å². The molecule has 0 unspecified atom stereocenters. The second-order valence-corrected chi connectivity index (χ2v) is 9.18. The fourth-order valence-corrected chi connectivity index (χ4v) is 3.38. The van der Waals surface area contributed by atoms with Crippen molar-refractivity contribution in [2.24, 2.45) is 5.73 Å². The van der Waals surface area contributed by atoms with E-state index in [-0.39, 0.29) is 11.4 Å². The number of nitriles is 1. The van der Waals surface area contributed by atoms with Gasteiger partial charge in [0.05, 0.1) is 41.5 Å². The molecule has 1 aromatic carbocycles. The van der Waals surface area contributed by atoms with Crippen molar-refractivity contribution in [1.82, 2.24) is 29.9 Å². The molecule has 4 aromatic rings. The van der Waals surface area contributed by atoms with E-state index in [1.807, 2.05) is 18.2 Å². The number of carboxylic acid groups (broad SMARTS) is 1. The first-order chi connectivity index (χ1) is 17.1. The number of aliphatic carboxylic acids is 1. The zero-order valence-electron chi connectivity index (χ0n) is 20.0. The van der Waals surface area contributed by atoms with Crippen LogP contribution in [0.15, 0.2) is 54.7 Å². The molecule has 0 saturated carbocycles. The van der Waals surface area contributed by atoms with Crippen LogP contribution in [-0.4, -0.2) is 47.2 Å². The Morgan fingerprint density at radius 1 is 1.11 bits per heavy atom. The summed E-state index contributed by atoms with van der Waals surface area (Å²) in [5.41, 5.74) is 9.80. The van der Waals surface area contributed by atoms with Crippen molar-refractivity contribution >= 4 is 11.9 Å². The van der Waals surface area contributed by atoms with Crippen LogP contribution in [0.25, 0.3) is 22.6 Å². The summed E-state index contributed by atoms with van der Waals surface area (Å²) < 4.78 is 1.65. The number of benzene rings is 1. The average molecular weight is 484 g/mol. The molecule has 0 radical (unpaired) electrons. The monoisotopic (exact) mass is 483 g/mol. The highest BCUT2D eigenvalue weighted by atomic mass is 16.4.